The van der Waals surface area contributed by atoms with E-state index in [1.807, 2.05) is 0 Å². The number of nitrogen functional groups attached to an aromatic ring is 1. The number of likely N-dealkylation sites (N-methyl/N-ethyl adjacent to an activating group) is 1. The highest BCUT2D eigenvalue weighted by molar-refractivity contribution is 5.07. The fourth-order valence-electron chi connectivity index (χ4n) is 1.96. The molecule has 1 fully saturated rings. The summed E-state index contributed by atoms with van der Waals surface area (Å²) in [5.74, 6) is 0.723. The lowest BCUT2D eigenvalue weighted by molar-refractivity contribution is 0.181. The van der Waals surface area contributed by atoms with E-state index in [0.29, 0.717) is 6.04 Å². The summed E-state index contributed by atoms with van der Waals surface area (Å²) in [5, 5.41) is 3.81. The Morgan fingerprint density at radius 3 is 3.07 bits per heavy atom. The van der Waals surface area contributed by atoms with Crippen molar-refractivity contribution in [2.75, 3.05) is 19.3 Å². The fraction of sp³-hybridized carbons (Fsp3) is 0.778. The number of nitrogens with zero attached hydrogens (tertiary/aromatic N) is 3. The predicted molar refractivity (Wildman–Crippen MR) is 52.7 cm³/mol. The van der Waals surface area contributed by atoms with E-state index in [0.717, 1.165) is 18.8 Å². The first-order valence-corrected chi connectivity index (χ1v) is 5.04. The molecular formula is C9H16N4O. The third-order valence-corrected chi connectivity index (χ3v) is 2.82. The molecule has 2 rings (SSSR count). The zero-order chi connectivity index (χ0) is 9.97. The smallest absolute Gasteiger partial charge is 0.318 e. The van der Waals surface area contributed by atoms with Crippen molar-refractivity contribution in [1.29, 1.82) is 0 Å². The molecule has 1 saturated heterocycles. The van der Waals surface area contributed by atoms with Gasteiger partial charge in [0.2, 0.25) is 0 Å². The minimum absolute atomic E-state index is 0.165. The van der Waals surface area contributed by atoms with Gasteiger partial charge in [0.25, 0.3) is 0 Å². The van der Waals surface area contributed by atoms with Gasteiger partial charge >= 0.3 is 6.01 Å². The highest BCUT2D eigenvalue weighted by Crippen LogP contribution is 2.17. The fourth-order valence-corrected chi connectivity index (χ4v) is 1.96. The number of likely N-dealkylation sites (tertiary alicyclic amines) is 1. The number of piperidine rings is 1. The van der Waals surface area contributed by atoms with Gasteiger partial charge in [0.15, 0.2) is 5.82 Å². The molecule has 2 N–H and O–H groups in total. The third-order valence-electron chi connectivity index (χ3n) is 2.82. The molecule has 5 heteroatoms. The second-order valence-corrected chi connectivity index (χ2v) is 3.88. The van der Waals surface area contributed by atoms with E-state index in [4.69, 9.17) is 10.3 Å². The zero-order valence-corrected chi connectivity index (χ0v) is 8.44. The van der Waals surface area contributed by atoms with Crippen LogP contribution in [0.25, 0.3) is 0 Å². The van der Waals surface area contributed by atoms with Gasteiger partial charge in [-0.25, -0.2) is 0 Å². The van der Waals surface area contributed by atoms with E-state index >= 15 is 0 Å². The summed E-state index contributed by atoms with van der Waals surface area (Å²) in [6, 6.07) is 0.708. The third kappa shape index (κ3) is 2.04. The summed E-state index contributed by atoms with van der Waals surface area (Å²) in [7, 11) is 2.15. The molecule has 0 amide bonds. The number of rotatable bonds is 2. The van der Waals surface area contributed by atoms with Gasteiger partial charge in [0.1, 0.15) is 0 Å². The summed E-state index contributed by atoms with van der Waals surface area (Å²) in [4.78, 5) is 6.37. The van der Waals surface area contributed by atoms with Crippen LogP contribution in [0.15, 0.2) is 4.52 Å². The zero-order valence-electron chi connectivity index (χ0n) is 8.44. The Bertz CT molecular complexity index is 299. The maximum absolute atomic E-state index is 5.36. The lowest BCUT2D eigenvalue weighted by Gasteiger charge is -2.31. The van der Waals surface area contributed by atoms with E-state index in [1.165, 1.54) is 19.3 Å². The van der Waals surface area contributed by atoms with Crippen LogP contribution < -0.4 is 5.73 Å². The molecular weight excluding hydrogens is 180 g/mol. The maximum Gasteiger partial charge on any atom is 0.318 e. The van der Waals surface area contributed by atoms with E-state index in [9.17, 15) is 0 Å². The monoisotopic (exact) mass is 196 g/mol. The highest BCUT2D eigenvalue weighted by Gasteiger charge is 2.20. The van der Waals surface area contributed by atoms with Gasteiger partial charge < -0.3 is 15.2 Å². The molecule has 0 radical (unpaired) electrons. The lowest BCUT2D eigenvalue weighted by atomic mass is 10.00. The number of nitrogens with two attached hydrogens (primary N) is 1. The second kappa shape index (κ2) is 3.96. The molecule has 1 unspecified atom stereocenters. The predicted octanol–water partition coefficient (Wildman–Crippen LogP) is 0.679. The van der Waals surface area contributed by atoms with E-state index in [-0.39, 0.29) is 6.01 Å². The molecule has 5 nitrogen and oxygen atoms in total. The number of aromatic nitrogens is 2. The normalized spacial score (nSPS) is 23.9. The van der Waals surface area contributed by atoms with Crippen LogP contribution in [0.4, 0.5) is 6.01 Å². The molecule has 78 valence electrons. The van der Waals surface area contributed by atoms with Crippen molar-refractivity contribution in [2.24, 2.45) is 0 Å². The van der Waals surface area contributed by atoms with Crippen molar-refractivity contribution in [3.8, 4) is 0 Å². The van der Waals surface area contributed by atoms with Crippen LogP contribution in [-0.2, 0) is 6.42 Å². The standard InChI is InChI=1S/C9H16N4O/c1-13-5-3-2-4-7(13)6-8-11-9(10)14-12-8/h7H,2-6H2,1H3,(H2,10,11,12). The molecule has 1 atom stereocenters. The van der Waals surface area contributed by atoms with Crippen molar-refractivity contribution in [3.05, 3.63) is 5.82 Å². The Morgan fingerprint density at radius 2 is 2.43 bits per heavy atom. The Balaban J connectivity index is 1.95. The van der Waals surface area contributed by atoms with Crippen LogP contribution in [0.3, 0.4) is 0 Å². The molecule has 0 bridgehead atoms. The molecule has 1 aromatic heterocycles. The molecule has 0 aromatic carbocycles. The molecule has 2 heterocycles. The average molecular weight is 196 g/mol. The van der Waals surface area contributed by atoms with Gasteiger partial charge in [-0.1, -0.05) is 11.6 Å². The van der Waals surface area contributed by atoms with Crippen molar-refractivity contribution >= 4 is 6.01 Å². The Kier molecular flexibility index (Phi) is 2.67. The van der Waals surface area contributed by atoms with Gasteiger partial charge in [-0.15, -0.1) is 0 Å². The molecule has 14 heavy (non-hydrogen) atoms. The van der Waals surface area contributed by atoms with Crippen molar-refractivity contribution < 1.29 is 4.52 Å². The van der Waals surface area contributed by atoms with Gasteiger partial charge in [-0.05, 0) is 26.4 Å². The summed E-state index contributed by atoms with van der Waals surface area (Å²) >= 11 is 0. The largest absolute Gasteiger partial charge is 0.351 e. The molecule has 1 aliphatic rings. The Hall–Kier alpha value is -1.10. The van der Waals surface area contributed by atoms with Gasteiger partial charge in [-0.3, -0.25) is 0 Å². The molecule has 0 spiro atoms. The molecule has 0 saturated carbocycles. The lowest BCUT2D eigenvalue weighted by Crippen LogP contribution is -2.37. The first-order chi connectivity index (χ1) is 6.75. The summed E-state index contributed by atoms with van der Waals surface area (Å²) in [5.41, 5.74) is 5.36. The highest BCUT2D eigenvalue weighted by atomic mass is 16.5. The number of hydrogen-bond acceptors (Lipinski definition) is 5. The van der Waals surface area contributed by atoms with Gasteiger partial charge in [-0.2, -0.15) is 4.98 Å². The number of hydrogen-bond donors (Lipinski definition) is 1. The first-order valence-electron chi connectivity index (χ1n) is 5.04. The van der Waals surface area contributed by atoms with Crippen LogP contribution >= 0.6 is 0 Å². The first kappa shape index (κ1) is 9.45. The van der Waals surface area contributed by atoms with Gasteiger partial charge in [0.05, 0.1) is 0 Å². The van der Waals surface area contributed by atoms with Crippen LogP contribution in [-0.4, -0.2) is 34.7 Å². The Morgan fingerprint density at radius 1 is 1.57 bits per heavy atom. The van der Waals surface area contributed by atoms with Crippen molar-refractivity contribution in [3.63, 3.8) is 0 Å². The van der Waals surface area contributed by atoms with E-state index in [2.05, 4.69) is 22.1 Å². The number of anilines is 1. The average Bonchev–Trinajstić information content (AvgIpc) is 2.56. The summed E-state index contributed by atoms with van der Waals surface area (Å²) in [6.07, 6.45) is 4.64. The summed E-state index contributed by atoms with van der Waals surface area (Å²) < 4.78 is 4.74. The maximum atomic E-state index is 5.36. The molecule has 0 aliphatic carbocycles. The topological polar surface area (TPSA) is 68.2 Å². The van der Waals surface area contributed by atoms with E-state index in [1.54, 1.807) is 0 Å². The van der Waals surface area contributed by atoms with Crippen molar-refractivity contribution in [2.45, 2.75) is 31.7 Å². The van der Waals surface area contributed by atoms with Crippen molar-refractivity contribution in [1.82, 2.24) is 15.0 Å². The van der Waals surface area contributed by atoms with Crippen LogP contribution in [0.1, 0.15) is 25.1 Å². The molecule has 1 aromatic rings. The quantitative estimate of drug-likeness (QED) is 0.753. The van der Waals surface area contributed by atoms with Crippen LogP contribution in [0, 0.1) is 0 Å². The van der Waals surface area contributed by atoms with Crippen LogP contribution in [0.2, 0.25) is 0 Å². The molecule has 1 aliphatic heterocycles. The second-order valence-electron chi connectivity index (χ2n) is 3.88. The Labute approximate surface area is 83.3 Å². The van der Waals surface area contributed by atoms with Crippen LogP contribution in [0.5, 0.6) is 0 Å². The summed E-state index contributed by atoms with van der Waals surface area (Å²) in [6.45, 7) is 1.16. The van der Waals surface area contributed by atoms with E-state index < -0.39 is 0 Å². The minimum atomic E-state index is 0.165. The minimum Gasteiger partial charge on any atom is -0.351 e. The SMILES string of the molecule is CN1CCCCC1Cc1noc(N)n1. The van der Waals surface area contributed by atoms with Gasteiger partial charge in [0, 0.05) is 12.5 Å².